The second-order valence-corrected chi connectivity index (χ2v) is 5.56. The average Bonchev–Trinajstić information content (AvgIpc) is 2.54. The summed E-state index contributed by atoms with van der Waals surface area (Å²) in [6.45, 7) is -0.0509. The van der Waals surface area contributed by atoms with Crippen molar-refractivity contribution in [3.05, 3.63) is 57.9 Å². The van der Waals surface area contributed by atoms with Crippen LogP contribution in [-0.2, 0) is 6.61 Å². The molecule has 0 fully saturated rings. The number of non-ortho nitro benzene ring substituents is 1. The number of methoxy groups -OCH3 is 1. The molecule has 0 amide bonds. The summed E-state index contributed by atoms with van der Waals surface area (Å²) in [4.78, 5) is 10.1. The van der Waals surface area contributed by atoms with Crippen molar-refractivity contribution in [2.75, 3.05) is 7.11 Å². The van der Waals surface area contributed by atoms with Crippen LogP contribution in [0.5, 0.6) is 11.5 Å². The molecule has 2 rings (SSSR count). The SMILES string of the molecule is COc1cc(COc2ccc([N+](=O)[O-])cc2F)ccc1SC(F)F. The first-order valence-electron chi connectivity index (χ1n) is 6.59. The van der Waals surface area contributed by atoms with E-state index in [2.05, 4.69) is 0 Å². The highest BCUT2D eigenvalue weighted by atomic mass is 32.2. The summed E-state index contributed by atoms with van der Waals surface area (Å²) >= 11 is 0.357. The van der Waals surface area contributed by atoms with Crippen LogP contribution in [0.25, 0.3) is 0 Å². The molecule has 0 spiro atoms. The summed E-state index contributed by atoms with van der Waals surface area (Å²) in [7, 11) is 1.35. The Labute approximate surface area is 139 Å². The van der Waals surface area contributed by atoms with Gasteiger partial charge < -0.3 is 9.47 Å². The Hall–Kier alpha value is -2.42. The van der Waals surface area contributed by atoms with E-state index >= 15 is 0 Å². The zero-order chi connectivity index (χ0) is 17.7. The van der Waals surface area contributed by atoms with Gasteiger partial charge in [-0.3, -0.25) is 10.1 Å². The molecular formula is C15H12F3NO4S. The highest BCUT2D eigenvalue weighted by molar-refractivity contribution is 7.99. The number of ether oxygens (including phenoxy) is 2. The van der Waals surface area contributed by atoms with Gasteiger partial charge in [-0.05, 0) is 23.8 Å². The van der Waals surface area contributed by atoms with Crippen LogP contribution < -0.4 is 9.47 Å². The van der Waals surface area contributed by atoms with E-state index in [1.165, 1.54) is 19.2 Å². The summed E-state index contributed by atoms with van der Waals surface area (Å²) in [6, 6.07) is 7.57. The Morgan fingerprint density at radius 2 is 1.96 bits per heavy atom. The van der Waals surface area contributed by atoms with Crippen molar-refractivity contribution in [1.29, 1.82) is 0 Å². The molecule has 9 heteroatoms. The highest BCUT2D eigenvalue weighted by Crippen LogP contribution is 2.34. The quantitative estimate of drug-likeness (QED) is 0.410. The van der Waals surface area contributed by atoms with Gasteiger partial charge in [0.05, 0.1) is 23.0 Å². The smallest absolute Gasteiger partial charge is 0.289 e. The van der Waals surface area contributed by atoms with Crippen molar-refractivity contribution in [2.45, 2.75) is 17.3 Å². The average molecular weight is 359 g/mol. The third-order valence-electron chi connectivity index (χ3n) is 2.96. The summed E-state index contributed by atoms with van der Waals surface area (Å²) < 4.78 is 48.9. The first-order chi connectivity index (χ1) is 11.4. The van der Waals surface area contributed by atoms with E-state index in [1.54, 1.807) is 6.07 Å². The fourth-order valence-corrected chi connectivity index (χ4v) is 2.47. The second-order valence-electron chi connectivity index (χ2n) is 4.52. The van der Waals surface area contributed by atoms with Crippen molar-refractivity contribution in [3.8, 4) is 11.5 Å². The number of thioether (sulfide) groups is 1. The molecule has 128 valence electrons. The van der Waals surface area contributed by atoms with Crippen LogP contribution in [0.3, 0.4) is 0 Å². The van der Waals surface area contributed by atoms with Crippen molar-refractivity contribution >= 4 is 17.4 Å². The number of nitrogens with zero attached hydrogens (tertiary/aromatic N) is 1. The van der Waals surface area contributed by atoms with E-state index in [0.29, 0.717) is 17.3 Å². The number of nitro benzene ring substituents is 1. The minimum atomic E-state index is -2.57. The van der Waals surface area contributed by atoms with Gasteiger partial charge in [0, 0.05) is 6.07 Å². The van der Waals surface area contributed by atoms with E-state index in [1.807, 2.05) is 0 Å². The van der Waals surface area contributed by atoms with Gasteiger partial charge in [-0.15, -0.1) is 0 Å². The topological polar surface area (TPSA) is 61.6 Å². The molecule has 0 unspecified atom stereocenters. The molecule has 0 aromatic heterocycles. The fourth-order valence-electron chi connectivity index (χ4n) is 1.88. The molecule has 0 aliphatic heterocycles. The fraction of sp³-hybridized carbons (Fsp3) is 0.200. The van der Waals surface area contributed by atoms with Crippen LogP contribution in [0.4, 0.5) is 18.9 Å². The molecule has 2 aromatic rings. The normalized spacial score (nSPS) is 10.7. The predicted molar refractivity (Wildman–Crippen MR) is 82.2 cm³/mol. The van der Waals surface area contributed by atoms with E-state index in [-0.39, 0.29) is 28.7 Å². The number of hydrogen-bond donors (Lipinski definition) is 0. The maximum absolute atomic E-state index is 13.7. The lowest BCUT2D eigenvalue weighted by Crippen LogP contribution is -1.99. The largest absolute Gasteiger partial charge is 0.496 e. The molecule has 0 saturated carbocycles. The van der Waals surface area contributed by atoms with Crippen LogP contribution in [0, 0.1) is 15.9 Å². The van der Waals surface area contributed by atoms with E-state index in [4.69, 9.17) is 9.47 Å². The molecule has 2 aromatic carbocycles. The summed E-state index contributed by atoms with van der Waals surface area (Å²) in [5.41, 5.74) is 0.193. The molecule has 0 heterocycles. The maximum atomic E-state index is 13.7. The number of benzene rings is 2. The number of hydrogen-bond acceptors (Lipinski definition) is 5. The zero-order valence-electron chi connectivity index (χ0n) is 12.4. The number of halogens is 3. The van der Waals surface area contributed by atoms with E-state index < -0.39 is 16.5 Å². The van der Waals surface area contributed by atoms with E-state index in [9.17, 15) is 23.3 Å². The summed E-state index contributed by atoms with van der Waals surface area (Å²) in [6.07, 6.45) is 0. The lowest BCUT2D eigenvalue weighted by atomic mass is 10.2. The lowest BCUT2D eigenvalue weighted by molar-refractivity contribution is -0.385. The van der Waals surface area contributed by atoms with Gasteiger partial charge in [0.25, 0.3) is 11.4 Å². The van der Waals surface area contributed by atoms with Gasteiger partial charge in [0.2, 0.25) is 0 Å². The van der Waals surface area contributed by atoms with Crippen LogP contribution in [0.1, 0.15) is 5.56 Å². The van der Waals surface area contributed by atoms with Crippen molar-refractivity contribution < 1.29 is 27.6 Å². The molecule has 0 radical (unpaired) electrons. The van der Waals surface area contributed by atoms with Gasteiger partial charge >= 0.3 is 0 Å². The standard InChI is InChI=1S/C15H12F3NO4S/c1-22-13-6-9(2-5-14(13)24-15(17)18)8-23-12-4-3-10(19(20)21)7-11(12)16/h2-7,15H,8H2,1H3. The molecule has 0 aliphatic carbocycles. The lowest BCUT2D eigenvalue weighted by Gasteiger charge is -2.11. The van der Waals surface area contributed by atoms with Crippen molar-refractivity contribution in [1.82, 2.24) is 0 Å². The molecule has 5 nitrogen and oxygen atoms in total. The molecule has 0 saturated heterocycles. The van der Waals surface area contributed by atoms with Crippen molar-refractivity contribution in [3.63, 3.8) is 0 Å². The minimum Gasteiger partial charge on any atom is -0.496 e. The first kappa shape index (κ1) is 17.9. The van der Waals surface area contributed by atoms with Gasteiger partial charge in [0.15, 0.2) is 11.6 Å². The van der Waals surface area contributed by atoms with Gasteiger partial charge in [-0.2, -0.15) is 8.78 Å². The number of rotatable bonds is 7. The first-order valence-corrected chi connectivity index (χ1v) is 7.47. The van der Waals surface area contributed by atoms with Gasteiger partial charge in [0.1, 0.15) is 12.4 Å². The van der Waals surface area contributed by atoms with Crippen LogP contribution >= 0.6 is 11.8 Å². The predicted octanol–water partition coefficient (Wildman–Crippen LogP) is 4.64. The molecule has 0 N–H and O–H groups in total. The Morgan fingerprint density at radius 3 is 2.54 bits per heavy atom. The van der Waals surface area contributed by atoms with Gasteiger partial charge in [-0.1, -0.05) is 17.8 Å². The van der Waals surface area contributed by atoms with E-state index in [0.717, 1.165) is 18.2 Å². The zero-order valence-corrected chi connectivity index (χ0v) is 13.2. The Kier molecular flexibility index (Phi) is 5.91. The Balaban J connectivity index is 2.10. The Bertz CT molecular complexity index is 743. The molecule has 0 aliphatic rings. The summed E-state index contributed by atoms with van der Waals surface area (Å²) in [5.74, 6) is -3.33. The molecule has 24 heavy (non-hydrogen) atoms. The van der Waals surface area contributed by atoms with Crippen molar-refractivity contribution in [2.24, 2.45) is 0 Å². The second kappa shape index (κ2) is 7.91. The summed E-state index contributed by atoms with van der Waals surface area (Å²) in [5, 5.41) is 10.6. The maximum Gasteiger partial charge on any atom is 0.289 e. The number of nitro groups is 1. The van der Waals surface area contributed by atoms with Crippen LogP contribution in [0.2, 0.25) is 0 Å². The molecular weight excluding hydrogens is 347 g/mol. The third kappa shape index (κ3) is 4.54. The van der Waals surface area contributed by atoms with Crippen LogP contribution in [0.15, 0.2) is 41.3 Å². The highest BCUT2D eigenvalue weighted by Gasteiger charge is 2.14. The number of alkyl halides is 2. The van der Waals surface area contributed by atoms with Gasteiger partial charge in [-0.25, -0.2) is 4.39 Å². The monoisotopic (exact) mass is 359 g/mol. The minimum absolute atomic E-state index is 0.0509. The Morgan fingerprint density at radius 1 is 1.21 bits per heavy atom. The molecule has 0 bridgehead atoms. The van der Waals surface area contributed by atoms with Crippen LogP contribution in [-0.4, -0.2) is 17.8 Å². The molecule has 0 atom stereocenters. The third-order valence-corrected chi connectivity index (χ3v) is 3.73.